The van der Waals surface area contributed by atoms with Crippen LogP contribution in [-0.4, -0.2) is 21.0 Å². The van der Waals surface area contributed by atoms with Gasteiger partial charge in [-0.05, 0) is 75.4 Å². The van der Waals surface area contributed by atoms with E-state index in [-0.39, 0.29) is 22.8 Å². The number of anilines is 1. The van der Waals surface area contributed by atoms with Crippen LogP contribution >= 0.6 is 31.9 Å². The number of carbonyl (C=O) groups excluding carboxylic acids is 1. The average molecular weight is 524 g/mol. The van der Waals surface area contributed by atoms with Gasteiger partial charge in [-0.15, -0.1) is 0 Å². The number of hydrogen-bond acceptors (Lipinski definition) is 5. The number of halogens is 2. The summed E-state index contributed by atoms with van der Waals surface area (Å²) in [4.78, 5) is 23.3. The smallest absolute Gasteiger partial charge is 0.277 e. The molecule has 2 N–H and O–H groups in total. The zero-order valence-electron chi connectivity index (χ0n) is 15.7. The van der Waals surface area contributed by atoms with Crippen molar-refractivity contribution in [3.8, 4) is 11.5 Å². The number of aromatic amines is 1. The molecule has 0 bridgehead atoms. The molecule has 2 aromatic carbocycles. The summed E-state index contributed by atoms with van der Waals surface area (Å²) in [6.45, 7) is 5.82. The van der Waals surface area contributed by atoms with Gasteiger partial charge in [-0.2, -0.15) is 5.10 Å². The van der Waals surface area contributed by atoms with Crippen molar-refractivity contribution in [1.82, 2.24) is 10.2 Å². The fourth-order valence-electron chi connectivity index (χ4n) is 2.70. The van der Waals surface area contributed by atoms with Gasteiger partial charge in [0.2, 0.25) is 0 Å². The van der Waals surface area contributed by atoms with Crippen molar-refractivity contribution in [2.75, 3.05) is 5.32 Å². The number of aryl methyl sites for hydroxylation is 2. The van der Waals surface area contributed by atoms with Crippen molar-refractivity contribution in [3.63, 3.8) is 0 Å². The van der Waals surface area contributed by atoms with Gasteiger partial charge in [0.15, 0.2) is 5.69 Å². The van der Waals surface area contributed by atoms with E-state index in [1.807, 2.05) is 32.9 Å². The molecule has 0 saturated carbocycles. The predicted octanol–water partition coefficient (Wildman–Crippen LogP) is 5.81. The predicted molar refractivity (Wildman–Crippen MR) is 116 cm³/mol. The van der Waals surface area contributed by atoms with E-state index in [4.69, 9.17) is 4.74 Å². The Labute approximate surface area is 183 Å². The maximum absolute atomic E-state index is 12.5. The standard InChI is InChI=1S/C19H16Br2N4O4/c1-9-4-10(2)11(3)15(5-9)29-14-7-12(6-13(8-14)25(27)28)22-19(26)17-16(20)18(21)24-23-17/h4-8H,1-3H3,(H,22,26)(H,23,24). The summed E-state index contributed by atoms with van der Waals surface area (Å²) in [5.41, 5.74) is 3.10. The monoisotopic (exact) mass is 522 g/mol. The number of carbonyl (C=O) groups is 1. The summed E-state index contributed by atoms with van der Waals surface area (Å²) in [6, 6.07) is 7.99. The Balaban J connectivity index is 1.95. The number of nitro benzene ring substituents is 1. The number of non-ortho nitro benzene ring substituents is 1. The largest absolute Gasteiger partial charge is 0.457 e. The van der Waals surface area contributed by atoms with Crippen molar-refractivity contribution >= 4 is 49.1 Å². The first-order chi connectivity index (χ1) is 13.7. The summed E-state index contributed by atoms with van der Waals surface area (Å²) >= 11 is 6.46. The molecule has 0 spiro atoms. The molecule has 10 heteroatoms. The molecule has 0 aliphatic carbocycles. The van der Waals surface area contributed by atoms with Gasteiger partial charge in [0.25, 0.3) is 11.6 Å². The van der Waals surface area contributed by atoms with Crippen LogP contribution in [0.25, 0.3) is 0 Å². The topological polar surface area (TPSA) is 110 Å². The summed E-state index contributed by atoms with van der Waals surface area (Å²) < 4.78 is 6.88. The molecule has 0 aliphatic rings. The van der Waals surface area contributed by atoms with E-state index in [2.05, 4.69) is 47.4 Å². The highest BCUT2D eigenvalue weighted by molar-refractivity contribution is 9.13. The quantitative estimate of drug-likeness (QED) is 0.323. The maximum Gasteiger partial charge on any atom is 0.277 e. The zero-order valence-corrected chi connectivity index (χ0v) is 18.8. The van der Waals surface area contributed by atoms with Crippen molar-refractivity contribution < 1.29 is 14.5 Å². The van der Waals surface area contributed by atoms with E-state index in [1.165, 1.54) is 18.2 Å². The fraction of sp³-hybridized carbons (Fsp3) is 0.158. The molecule has 1 heterocycles. The second kappa shape index (κ2) is 8.34. The highest BCUT2D eigenvalue weighted by atomic mass is 79.9. The first-order valence-electron chi connectivity index (χ1n) is 8.41. The molecule has 0 unspecified atom stereocenters. The van der Waals surface area contributed by atoms with Crippen LogP contribution in [0.15, 0.2) is 39.4 Å². The van der Waals surface area contributed by atoms with E-state index in [0.717, 1.165) is 16.7 Å². The van der Waals surface area contributed by atoms with E-state index in [0.29, 0.717) is 14.8 Å². The van der Waals surface area contributed by atoms with Crippen LogP contribution in [0.1, 0.15) is 27.2 Å². The second-order valence-corrected chi connectivity index (χ2v) is 8.02. The SMILES string of the molecule is Cc1cc(C)c(C)c(Oc2cc(NC(=O)c3n[nH]c(Br)c3Br)cc([N+](=O)[O-])c2)c1. The van der Waals surface area contributed by atoms with Gasteiger partial charge < -0.3 is 10.1 Å². The average Bonchev–Trinajstić information content (AvgIpc) is 2.98. The van der Waals surface area contributed by atoms with Gasteiger partial charge in [0, 0.05) is 12.1 Å². The van der Waals surface area contributed by atoms with Gasteiger partial charge in [-0.25, -0.2) is 0 Å². The number of H-pyrrole nitrogens is 1. The van der Waals surface area contributed by atoms with E-state index in [9.17, 15) is 14.9 Å². The summed E-state index contributed by atoms with van der Waals surface area (Å²) in [7, 11) is 0. The third-order valence-electron chi connectivity index (χ3n) is 4.23. The summed E-state index contributed by atoms with van der Waals surface area (Å²) in [5.74, 6) is 0.303. The molecule has 3 rings (SSSR count). The van der Waals surface area contributed by atoms with Gasteiger partial charge >= 0.3 is 0 Å². The lowest BCUT2D eigenvalue weighted by molar-refractivity contribution is -0.384. The number of nitrogens with one attached hydrogen (secondary N) is 2. The van der Waals surface area contributed by atoms with E-state index < -0.39 is 10.8 Å². The molecule has 8 nitrogen and oxygen atoms in total. The normalized spacial score (nSPS) is 10.7. The molecule has 29 heavy (non-hydrogen) atoms. The zero-order chi connectivity index (χ0) is 21.3. The lowest BCUT2D eigenvalue weighted by atomic mass is 10.1. The molecule has 3 aromatic rings. The molecule has 0 aliphatic heterocycles. The minimum atomic E-state index is -0.544. The maximum atomic E-state index is 12.5. The van der Waals surface area contributed by atoms with Gasteiger partial charge in [-0.1, -0.05) is 6.07 Å². The summed E-state index contributed by atoms with van der Waals surface area (Å²) in [6.07, 6.45) is 0. The first-order valence-corrected chi connectivity index (χ1v) is 10.00. The fourth-order valence-corrected chi connectivity index (χ4v) is 3.34. The number of nitrogens with zero attached hydrogens (tertiary/aromatic N) is 2. The molecule has 0 fully saturated rings. The molecule has 0 saturated heterocycles. The number of hydrogen-bond donors (Lipinski definition) is 2. The van der Waals surface area contributed by atoms with Crippen molar-refractivity contribution in [2.24, 2.45) is 0 Å². The Morgan fingerprint density at radius 2 is 1.90 bits per heavy atom. The van der Waals surface area contributed by atoms with Gasteiger partial charge in [0.05, 0.1) is 21.1 Å². The first kappa shape index (κ1) is 21.0. The lowest BCUT2D eigenvalue weighted by Gasteiger charge is -2.13. The minimum absolute atomic E-state index is 0.107. The molecular weight excluding hydrogens is 508 g/mol. The number of benzene rings is 2. The second-order valence-electron chi connectivity index (χ2n) is 6.43. The molecule has 150 valence electrons. The Morgan fingerprint density at radius 1 is 1.17 bits per heavy atom. The van der Waals surface area contributed by atoms with Crippen LogP contribution in [0.2, 0.25) is 0 Å². The number of nitro groups is 1. The molecular formula is C19H16Br2N4O4. The number of aromatic nitrogens is 2. The van der Waals surface area contributed by atoms with E-state index >= 15 is 0 Å². The van der Waals surface area contributed by atoms with Crippen molar-refractivity contribution in [1.29, 1.82) is 0 Å². The van der Waals surface area contributed by atoms with Gasteiger partial charge in [-0.3, -0.25) is 20.0 Å². The molecule has 0 atom stereocenters. The number of amides is 1. The Hall–Kier alpha value is -2.72. The molecule has 0 radical (unpaired) electrons. The van der Waals surface area contributed by atoms with Crippen LogP contribution in [-0.2, 0) is 0 Å². The lowest BCUT2D eigenvalue weighted by Crippen LogP contribution is -2.13. The summed E-state index contributed by atoms with van der Waals surface area (Å²) in [5, 5.41) is 20.5. The Morgan fingerprint density at radius 3 is 2.52 bits per heavy atom. The van der Waals surface area contributed by atoms with Crippen LogP contribution in [0, 0.1) is 30.9 Å². The van der Waals surface area contributed by atoms with Crippen LogP contribution < -0.4 is 10.1 Å². The minimum Gasteiger partial charge on any atom is -0.457 e. The number of ether oxygens (including phenoxy) is 1. The highest BCUT2D eigenvalue weighted by Crippen LogP contribution is 2.33. The third-order valence-corrected chi connectivity index (χ3v) is 6.11. The van der Waals surface area contributed by atoms with E-state index in [1.54, 1.807) is 0 Å². The third kappa shape index (κ3) is 4.65. The van der Waals surface area contributed by atoms with Crippen LogP contribution in [0.3, 0.4) is 0 Å². The molecule has 1 amide bonds. The Kier molecular flexibility index (Phi) is 6.04. The number of rotatable bonds is 5. The van der Waals surface area contributed by atoms with Crippen molar-refractivity contribution in [3.05, 3.63) is 71.9 Å². The Bertz CT molecular complexity index is 1130. The van der Waals surface area contributed by atoms with Gasteiger partial charge in [0.1, 0.15) is 16.1 Å². The molecule has 1 aromatic heterocycles. The highest BCUT2D eigenvalue weighted by Gasteiger charge is 2.19. The van der Waals surface area contributed by atoms with Crippen molar-refractivity contribution in [2.45, 2.75) is 20.8 Å². The van der Waals surface area contributed by atoms with Crippen LogP contribution in [0.5, 0.6) is 11.5 Å². The van der Waals surface area contributed by atoms with Crippen LogP contribution in [0.4, 0.5) is 11.4 Å².